The van der Waals surface area contributed by atoms with Gasteiger partial charge in [-0.2, -0.15) is 0 Å². The van der Waals surface area contributed by atoms with Crippen LogP contribution in [0.4, 0.5) is 0 Å². The molecule has 0 atom stereocenters. The van der Waals surface area contributed by atoms with E-state index in [9.17, 15) is 104 Å². The van der Waals surface area contributed by atoms with E-state index in [2.05, 4.69) is 0 Å². The summed E-state index contributed by atoms with van der Waals surface area (Å²) >= 11 is 0. The van der Waals surface area contributed by atoms with Gasteiger partial charge in [0.1, 0.15) is 34.5 Å². The van der Waals surface area contributed by atoms with Gasteiger partial charge in [0, 0.05) is 77.0 Å². The smallest absolute Gasteiger partial charge is 0.341 e. The van der Waals surface area contributed by atoms with Gasteiger partial charge in [-0.1, -0.05) is 72.8 Å². The van der Waals surface area contributed by atoms with Gasteiger partial charge < -0.3 is 75.5 Å². The molecule has 0 saturated carbocycles. The molecule has 12 N–H and O–H groups in total. The second-order valence-electron chi connectivity index (χ2n) is 22.0. The van der Waals surface area contributed by atoms with Crippen molar-refractivity contribution in [3.05, 3.63) is 173 Å². The molecule has 0 saturated heterocycles. The van der Waals surface area contributed by atoms with E-state index in [-0.39, 0.29) is 173 Å². The monoisotopic (exact) mass is 1240 g/mol. The summed E-state index contributed by atoms with van der Waals surface area (Å²) in [6.45, 7) is -2.93. The maximum atomic E-state index is 12.5. The molecule has 0 spiro atoms. The predicted molar refractivity (Wildman–Crippen MR) is 316 cm³/mol. The van der Waals surface area contributed by atoms with Gasteiger partial charge in [-0.3, -0.25) is 28.8 Å². The lowest BCUT2D eigenvalue weighted by molar-refractivity contribution is -0.140. The van der Waals surface area contributed by atoms with Gasteiger partial charge >= 0.3 is 53.7 Å². The Balaban J connectivity index is 1.64. The number of aryl methyl sites for hydroxylation is 6. The van der Waals surface area contributed by atoms with E-state index < -0.39 is 117 Å². The van der Waals surface area contributed by atoms with E-state index in [0.29, 0.717) is 33.4 Å². The SMILES string of the molecule is O=C(O)CCc1cc2c(O)c(c1)Cc1cc(CCC(=O)O)cc(c1O)Cc1cc(CCC(=O)O)cc(c1OCC(=O)O)Cc1cc(CCC(=O)O)cc(c1OCC(=O)O)Cc1cc(CCC(=O)O)cc(c1OCC(=O)O)Cc1cc(CCC(=O)O)cc(c1O)C2. The van der Waals surface area contributed by atoms with Crippen LogP contribution in [0.2, 0.25) is 0 Å². The van der Waals surface area contributed by atoms with Crippen molar-refractivity contribution in [1.29, 1.82) is 0 Å². The van der Waals surface area contributed by atoms with Crippen molar-refractivity contribution >= 4 is 53.7 Å². The highest BCUT2D eigenvalue weighted by Crippen LogP contribution is 2.42. The molecule has 12 bridgehead atoms. The van der Waals surface area contributed by atoms with Crippen molar-refractivity contribution in [3.8, 4) is 34.5 Å². The zero-order valence-corrected chi connectivity index (χ0v) is 48.5. The molecular weight excluding hydrogens is 1180 g/mol. The summed E-state index contributed by atoms with van der Waals surface area (Å²) in [5, 5.41) is 127. The van der Waals surface area contributed by atoms with Crippen molar-refractivity contribution in [1.82, 2.24) is 0 Å². The van der Waals surface area contributed by atoms with Gasteiger partial charge in [-0.25, -0.2) is 14.4 Å². The average Bonchev–Trinajstić information content (AvgIpc) is 0.927. The first-order valence-corrected chi connectivity index (χ1v) is 28.5. The summed E-state index contributed by atoms with van der Waals surface area (Å²) in [6, 6.07) is 18.2. The molecule has 0 aromatic heterocycles. The Morgan fingerprint density at radius 2 is 0.389 bits per heavy atom. The van der Waals surface area contributed by atoms with E-state index in [1.54, 1.807) is 0 Å². The molecular formula is C66H66O24. The number of aromatic hydroxyl groups is 3. The van der Waals surface area contributed by atoms with Crippen LogP contribution in [0, 0.1) is 0 Å². The number of hydrogen-bond acceptors (Lipinski definition) is 15. The van der Waals surface area contributed by atoms with Gasteiger partial charge in [0.15, 0.2) is 19.8 Å². The highest BCUT2D eigenvalue weighted by atomic mass is 16.5. The fourth-order valence-corrected chi connectivity index (χ4v) is 11.1. The third kappa shape index (κ3) is 18.9. The van der Waals surface area contributed by atoms with Crippen molar-refractivity contribution < 1.29 is 119 Å². The number of hydrogen-bond donors (Lipinski definition) is 12. The molecule has 24 nitrogen and oxygen atoms in total. The molecule has 90 heavy (non-hydrogen) atoms. The average molecular weight is 1240 g/mol. The number of rotatable bonds is 27. The Bertz CT molecular complexity index is 3590. The van der Waals surface area contributed by atoms with Crippen molar-refractivity contribution in [3.63, 3.8) is 0 Å². The summed E-state index contributed by atoms with van der Waals surface area (Å²) in [5.74, 6) is -13.0. The van der Waals surface area contributed by atoms with Crippen LogP contribution >= 0.6 is 0 Å². The van der Waals surface area contributed by atoms with Gasteiger partial charge in [0.2, 0.25) is 0 Å². The summed E-state index contributed by atoms with van der Waals surface area (Å²) in [5.41, 5.74) is 3.74. The quantitative estimate of drug-likeness (QED) is 0.0243. The number of phenolic OH excluding ortho intramolecular Hbond substituents is 3. The number of ether oxygens (including phenoxy) is 3. The van der Waals surface area contributed by atoms with Crippen LogP contribution in [0.5, 0.6) is 34.5 Å². The molecule has 0 aliphatic heterocycles. The summed E-state index contributed by atoms with van der Waals surface area (Å²) in [6.07, 6.45) is -5.15. The lowest BCUT2D eigenvalue weighted by Gasteiger charge is -2.23. The fourth-order valence-electron chi connectivity index (χ4n) is 11.1. The number of phenols is 3. The largest absolute Gasteiger partial charge is 0.507 e. The normalized spacial score (nSPS) is 12.0. The number of carboxylic acid groups (broad SMARTS) is 9. The minimum absolute atomic E-state index is 0.0822. The molecule has 0 radical (unpaired) electrons. The van der Waals surface area contributed by atoms with Gasteiger partial charge in [-0.05, 0) is 139 Å². The first-order chi connectivity index (χ1) is 42.7. The molecule has 474 valence electrons. The van der Waals surface area contributed by atoms with Crippen LogP contribution < -0.4 is 14.2 Å². The molecule has 0 unspecified atom stereocenters. The Labute approximate surface area is 513 Å². The molecule has 1 aliphatic rings. The van der Waals surface area contributed by atoms with E-state index >= 15 is 0 Å². The number of fused-ring (bicyclic) bond motifs is 12. The van der Waals surface area contributed by atoms with E-state index in [4.69, 9.17) is 14.2 Å². The summed E-state index contributed by atoms with van der Waals surface area (Å²) in [4.78, 5) is 110. The maximum Gasteiger partial charge on any atom is 0.341 e. The van der Waals surface area contributed by atoms with Gasteiger partial charge in [0.25, 0.3) is 0 Å². The molecule has 0 amide bonds. The summed E-state index contributed by atoms with van der Waals surface area (Å²) in [7, 11) is 0. The molecule has 24 heteroatoms. The number of carbonyl (C=O) groups is 9. The van der Waals surface area contributed by atoms with Crippen molar-refractivity contribution in [2.24, 2.45) is 0 Å². The van der Waals surface area contributed by atoms with Crippen LogP contribution in [0.3, 0.4) is 0 Å². The summed E-state index contributed by atoms with van der Waals surface area (Å²) < 4.78 is 18.3. The minimum atomic E-state index is -1.45. The Morgan fingerprint density at radius 1 is 0.244 bits per heavy atom. The molecule has 0 fully saturated rings. The van der Waals surface area contributed by atoms with Crippen LogP contribution in [-0.4, -0.2) is 135 Å². The second kappa shape index (κ2) is 30.3. The highest BCUT2D eigenvalue weighted by molar-refractivity contribution is 5.73. The second-order valence-corrected chi connectivity index (χ2v) is 22.0. The zero-order chi connectivity index (χ0) is 65.5. The third-order valence-electron chi connectivity index (χ3n) is 15.0. The van der Waals surface area contributed by atoms with Crippen LogP contribution in [0.15, 0.2) is 72.8 Å². The van der Waals surface area contributed by atoms with Crippen LogP contribution in [-0.2, 0) is 120 Å². The Kier molecular flexibility index (Phi) is 22.5. The first kappa shape index (κ1) is 66.9. The Morgan fingerprint density at radius 3 is 0.544 bits per heavy atom. The number of aliphatic carboxylic acids is 9. The molecule has 6 aromatic carbocycles. The molecule has 0 heterocycles. The molecule has 1 aliphatic carbocycles. The number of benzene rings is 6. The van der Waals surface area contributed by atoms with Crippen LogP contribution in [0.1, 0.15) is 139 Å². The number of carboxylic acids is 9. The fraction of sp³-hybridized carbons (Fsp3) is 0.318. The lowest BCUT2D eigenvalue weighted by Crippen LogP contribution is -2.15. The van der Waals surface area contributed by atoms with E-state index in [0.717, 1.165) is 0 Å². The van der Waals surface area contributed by atoms with E-state index in [1.807, 2.05) is 0 Å². The topological polar surface area (TPSA) is 424 Å². The zero-order valence-electron chi connectivity index (χ0n) is 48.5. The predicted octanol–water partition coefficient (Wildman–Crippen LogP) is 7.16. The minimum Gasteiger partial charge on any atom is -0.507 e. The lowest BCUT2D eigenvalue weighted by atomic mass is 9.87. The highest BCUT2D eigenvalue weighted by Gasteiger charge is 2.27. The van der Waals surface area contributed by atoms with Crippen molar-refractivity contribution in [2.45, 2.75) is 116 Å². The van der Waals surface area contributed by atoms with Crippen LogP contribution in [0.25, 0.3) is 0 Å². The standard InChI is InChI=1S/C66H66O24/c67-52(68)7-1-34-13-40-25-42-15-35(2-8-53(69)70)17-44(62(42)86)27-46-19-37(4-10-55(73)74)21-48(64(46)88-31-58(79)80)29-50-23-39(6-12-57(77)78)24-51(66(50)90-33-60(83)84)30-49-22-38(5-11-56(75)76)20-47(65(49)89-32-59(81)82)28-45-18-36(3-9-54(71)72)16-43(63(45)87)26-41(14-34)61(40)85/h13-24,85-87H,1-12,25-33H2,(H,67,68)(H,69,70)(H,71,72)(H,73,74)(H,75,76)(H,77,78)(H,79,80)(H,81,82)(H,83,84). The third-order valence-corrected chi connectivity index (χ3v) is 15.0. The Hall–Kier alpha value is -10.7. The molecule has 6 aromatic rings. The van der Waals surface area contributed by atoms with Crippen molar-refractivity contribution in [2.75, 3.05) is 19.8 Å². The van der Waals surface area contributed by atoms with E-state index in [1.165, 1.54) is 72.8 Å². The van der Waals surface area contributed by atoms with Gasteiger partial charge in [-0.15, -0.1) is 0 Å². The molecule has 7 rings (SSSR count). The maximum absolute atomic E-state index is 12.5. The first-order valence-electron chi connectivity index (χ1n) is 28.5. The van der Waals surface area contributed by atoms with Gasteiger partial charge in [0.05, 0.1) is 0 Å².